The van der Waals surface area contributed by atoms with E-state index >= 15 is 0 Å². The van der Waals surface area contributed by atoms with Crippen LogP contribution in [0.4, 0.5) is 0 Å². The van der Waals surface area contributed by atoms with E-state index in [2.05, 4.69) is 4.98 Å². The molecule has 0 aliphatic rings. The first-order chi connectivity index (χ1) is 14.6. The van der Waals surface area contributed by atoms with Gasteiger partial charge in [0.2, 0.25) is 0 Å². The van der Waals surface area contributed by atoms with E-state index in [1.807, 2.05) is 5.32 Å². The number of benzene rings is 1. The summed E-state index contributed by atoms with van der Waals surface area (Å²) in [5.74, 6) is -4.09. The number of hydrogen-bond donors (Lipinski definition) is 7. The molecule has 1 amide bonds. The number of hydrogen-bond acceptors (Lipinski definition) is 10. The number of aliphatic hydroxyl groups excluding tert-OH is 4. The fraction of sp³-hybridized carbons (Fsp3) is 0.278. The van der Waals surface area contributed by atoms with Gasteiger partial charge in [0, 0.05) is 11.5 Å². The van der Waals surface area contributed by atoms with Crippen molar-refractivity contribution in [3.8, 4) is 5.75 Å². The van der Waals surface area contributed by atoms with Crippen molar-refractivity contribution >= 4 is 35.0 Å². The second kappa shape index (κ2) is 9.90. The van der Waals surface area contributed by atoms with Crippen molar-refractivity contribution in [1.82, 2.24) is 10.3 Å². The van der Waals surface area contributed by atoms with Gasteiger partial charge in [0.05, 0.1) is 5.52 Å². The number of esters is 1. The lowest BCUT2D eigenvalue weighted by Gasteiger charge is -2.23. The number of aldehydes is 1. The molecule has 0 bridgehead atoms. The van der Waals surface area contributed by atoms with Gasteiger partial charge in [0.15, 0.2) is 23.6 Å². The third-order valence-electron chi connectivity index (χ3n) is 4.09. The maximum Gasteiger partial charge on any atom is 0.343 e. The Balaban J connectivity index is 2.34. The molecular formula is C18H18N2O11. The molecule has 4 unspecified atom stereocenters. The highest BCUT2D eigenvalue weighted by molar-refractivity contribution is 5.97. The first kappa shape index (κ1) is 23.6. The number of para-hydroxylation sites is 1. The molecule has 0 radical (unpaired) electrons. The van der Waals surface area contributed by atoms with E-state index in [1.165, 1.54) is 18.2 Å². The fourth-order valence-electron chi connectivity index (χ4n) is 2.48. The Labute approximate surface area is 172 Å². The highest BCUT2D eigenvalue weighted by Gasteiger charge is 2.35. The van der Waals surface area contributed by atoms with Crippen LogP contribution >= 0.6 is 0 Å². The standard InChI is InChI=1S/C18H18N2O11/c21-6-10(23)14(26)15(27)16(28)18(30)31-11-3-1-2-7-9(22)4-8(20-13(7)11)17(29)19-5-12(24)25/h1-4,6,10,14-16,23,26-28H,5H2,(H,19,29)(H,20,22)(H,24,25). The molecule has 0 aliphatic carbocycles. The van der Waals surface area contributed by atoms with E-state index in [0.717, 1.165) is 6.07 Å². The summed E-state index contributed by atoms with van der Waals surface area (Å²) in [6.45, 7) is -0.714. The Kier molecular flexibility index (Phi) is 7.55. The predicted molar refractivity (Wildman–Crippen MR) is 100 cm³/mol. The van der Waals surface area contributed by atoms with Gasteiger partial charge in [-0.25, -0.2) is 4.79 Å². The van der Waals surface area contributed by atoms with E-state index in [4.69, 9.17) is 9.84 Å². The minimum atomic E-state index is -2.38. The van der Waals surface area contributed by atoms with Crippen molar-refractivity contribution in [3.05, 3.63) is 40.2 Å². The van der Waals surface area contributed by atoms with E-state index in [-0.39, 0.29) is 28.6 Å². The SMILES string of the molecule is O=CC(O)C(O)C(O)C(O)C(=O)Oc1cccc2c(=O)cc(C(=O)NCC(=O)O)[nH]c12. The van der Waals surface area contributed by atoms with Gasteiger partial charge in [-0.2, -0.15) is 0 Å². The Bertz CT molecular complexity index is 1060. The van der Waals surface area contributed by atoms with E-state index < -0.39 is 54.2 Å². The van der Waals surface area contributed by atoms with Gasteiger partial charge in [-0.3, -0.25) is 14.4 Å². The van der Waals surface area contributed by atoms with E-state index in [9.17, 15) is 44.4 Å². The molecule has 4 atom stereocenters. The Morgan fingerprint density at radius 2 is 1.81 bits per heavy atom. The number of nitrogens with one attached hydrogen (secondary N) is 2. The van der Waals surface area contributed by atoms with Gasteiger partial charge >= 0.3 is 11.9 Å². The largest absolute Gasteiger partial charge is 0.480 e. The van der Waals surface area contributed by atoms with Crippen LogP contribution in [0.2, 0.25) is 0 Å². The summed E-state index contributed by atoms with van der Waals surface area (Å²) in [5.41, 5.74) is -1.16. The second-order valence-corrected chi connectivity index (χ2v) is 6.28. The number of carboxylic acids is 1. The molecular weight excluding hydrogens is 420 g/mol. The van der Waals surface area contributed by atoms with Crippen LogP contribution in [0.3, 0.4) is 0 Å². The molecule has 1 heterocycles. The van der Waals surface area contributed by atoms with Crippen LogP contribution in [0, 0.1) is 0 Å². The number of H-pyrrole nitrogens is 1. The normalized spacial score (nSPS) is 14.8. The molecule has 0 aliphatic heterocycles. The summed E-state index contributed by atoms with van der Waals surface area (Å²) >= 11 is 0. The number of aromatic nitrogens is 1. The van der Waals surface area contributed by atoms with Gasteiger partial charge in [0.25, 0.3) is 5.91 Å². The average Bonchev–Trinajstić information content (AvgIpc) is 2.75. The van der Waals surface area contributed by atoms with Crippen LogP contribution in [0.1, 0.15) is 10.5 Å². The minimum Gasteiger partial charge on any atom is -0.480 e. The highest BCUT2D eigenvalue weighted by atomic mass is 16.6. The summed E-state index contributed by atoms with van der Waals surface area (Å²) in [6, 6.07) is 4.74. The number of carboxylic acid groups (broad SMARTS) is 1. The van der Waals surface area contributed by atoms with Crippen molar-refractivity contribution in [2.45, 2.75) is 24.4 Å². The Morgan fingerprint density at radius 3 is 2.42 bits per heavy atom. The van der Waals surface area contributed by atoms with Crippen molar-refractivity contribution in [2.24, 2.45) is 0 Å². The molecule has 0 spiro atoms. The molecule has 1 aromatic carbocycles. The number of carbonyl (C=O) groups excluding carboxylic acids is 3. The molecule has 0 fully saturated rings. The highest BCUT2D eigenvalue weighted by Crippen LogP contribution is 2.23. The zero-order valence-electron chi connectivity index (χ0n) is 15.6. The van der Waals surface area contributed by atoms with Crippen LogP contribution in [0.25, 0.3) is 10.9 Å². The van der Waals surface area contributed by atoms with Crippen LogP contribution in [-0.4, -0.2) is 85.6 Å². The number of amides is 1. The van der Waals surface area contributed by atoms with Crippen LogP contribution in [0.5, 0.6) is 5.75 Å². The van der Waals surface area contributed by atoms with Crippen LogP contribution < -0.4 is 15.5 Å². The Morgan fingerprint density at radius 1 is 1.13 bits per heavy atom. The quantitative estimate of drug-likeness (QED) is 0.118. The predicted octanol–water partition coefficient (Wildman–Crippen LogP) is -3.11. The molecule has 13 heteroatoms. The molecule has 2 aromatic rings. The van der Waals surface area contributed by atoms with Crippen molar-refractivity contribution in [3.63, 3.8) is 0 Å². The lowest BCUT2D eigenvalue weighted by Crippen LogP contribution is -2.49. The fourth-order valence-corrected chi connectivity index (χ4v) is 2.48. The zero-order valence-corrected chi connectivity index (χ0v) is 15.6. The van der Waals surface area contributed by atoms with Gasteiger partial charge in [-0.1, -0.05) is 6.07 Å². The number of carbonyl (C=O) groups is 4. The smallest absolute Gasteiger partial charge is 0.343 e. The molecule has 2 rings (SSSR count). The minimum absolute atomic E-state index is 0.0217. The summed E-state index contributed by atoms with van der Waals surface area (Å²) in [7, 11) is 0. The van der Waals surface area contributed by atoms with Gasteiger partial charge < -0.3 is 45.4 Å². The van der Waals surface area contributed by atoms with Crippen molar-refractivity contribution in [1.29, 1.82) is 0 Å². The maximum absolute atomic E-state index is 12.3. The van der Waals surface area contributed by atoms with Gasteiger partial charge in [-0.15, -0.1) is 0 Å². The summed E-state index contributed by atoms with van der Waals surface area (Å²) in [4.78, 5) is 60.0. The monoisotopic (exact) mass is 438 g/mol. The topological polar surface area (TPSA) is 224 Å². The average molecular weight is 438 g/mol. The van der Waals surface area contributed by atoms with E-state index in [0.29, 0.717) is 0 Å². The van der Waals surface area contributed by atoms with Crippen molar-refractivity contribution < 1.29 is 49.4 Å². The number of ether oxygens (including phenoxy) is 1. The van der Waals surface area contributed by atoms with Crippen LogP contribution in [-0.2, 0) is 14.4 Å². The summed E-state index contributed by atoms with van der Waals surface area (Å²) in [5, 5.41) is 49.0. The number of aliphatic carboxylic acids is 1. The first-order valence-electron chi connectivity index (χ1n) is 8.62. The van der Waals surface area contributed by atoms with E-state index in [1.54, 1.807) is 0 Å². The first-order valence-corrected chi connectivity index (χ1v) is 8.62. The maximum atomic E-state index is 12.3. The lowest BCUT2D eigenvalue weighted by molar-refractivity contribution is -0.161. The number of aliphatic hydroxyl groups is 4. The number of fused-ring (bicyclic) bond motifs is 1. The third kappa shape index (κ3) is 5.49. The summed E-state index contributed by atoms with van der Waals surface area (Å²) in [6.07, 6.45) is -9.03. The molecule has 31 heavy (non-hydrogen) atoms. The molecule has 1 aromatic heterocycles. The third-order valence-corrected chi connectivity index (χ3v) is 4.09. The lowest BCUT2D eigenvalue weighted by atomic mass is 10.0. The van der Waals surface area contributed by atoms with Gasteiger partial charge in [0.1, 0.15) is 30.6 Å². The molecule has 7 N–H and O–H groups in total. The zero-order chi connectivity index (χ0) is 23.3. The number of rotatable bonds is 9. The number of pyridine rings is 1. The molecule has 13 nitrogen and oxygen atoms in total. The van der Waals surface area contributed by atoms with Crippen LogP contribution in [0.15, 0.2) is 29.1 Å². The van der Waals surface area contributed by atoms with Gasteiger partial charge in [-0.05, 0) is 12.1 Å². The number of aromatic amines is 1. The Hall–Kier alpha value is -3.65. The second-order valence-electron chi connectivity index (χ2n) is 6.28. The van der Waals surface area contributed by atoms with Crippen molar-refractivity contribution in [2.75, 3.05) is 6.54 Å². The molecule has 0 saturated heterocycles. The molecule has 166 valence electrons. The molecule has 0 saturated carbocycles. The summed E-state index contributed by atoms with van der Waals surface area (Å²) < 4.78 is 4.94.